The molecule has 1 aromatic rings. The van der Waals surface area contributed by atoms with Crippen LogP contribution in [-0.2, 0) is 0 Å². The molecule has 0 radical (unpaired) electrons. The molecule has 1 N–H and O–H groups in total. The van der Waals surface area contributed by atoms with Crippen molar-refractivity contribution in [2.45, 2.75) is 64.3 Å². The molecule has 0 spiro atoms. The summed E-state index contributed by atoms with van der Waals surface area (Å²) in [7, 11) is 0. The van der Waals surface area contributed by atoms with E-state index in [1.54, 1.807) is 0 Å². The molecule has 0 aromatic carbocycles. The van der Waals surface area contributed by atoms with Gasteiger partial charge < -0.3 is 5.32 Å². The Hall–Kier alpha value is -0.890. The number of hydrogen-bond acceptors (Lipinski definition) is 2. The summed E-state index contributed by atoms with van der Waals surface area (Å²) in [6.45, 7) is 5.44. The van der Waals surface area contributed by atoms with Crippen molar-refractivity contribution in [1.82, 2.24) is 10.3 Å². The van der Waals surface area contributed by atoms with E-state index in [4.69, 9.17) is 0 Å². The van der Waals surface area contributed by atoms with Crippen molar-refractivity contribution in [1.29, 1.82) is 0 Å². The summed E-state index contributed by atoms with van der Waals surface area (Å²) in [5, 5.41) is 3.75. The van der Waals surface area contributed by atoms with Gasteiger partial charge in [-0.1, -0.05) is 32.3 Å². The summed E-state index contributed by atoms with van der Waals surface area (Å²) in [5.41, 5.74) is 2.54. The molecule has 1 aliphatic rings. The van der Waals surface area contributed by atoms with Gasteiger partial charge in [0.1, 0.15) is 0 Å². The summed E-state index contributed by atoms with van der Waals surface area (Å²) < 4.78 is 0. The molecule has 1 aliphatic carbocycles. The number of aryl methyl sites for hydroxylation is 1. The molecule has 2 unspecified atom stereocenters. The molecule has 0 saturated heterocycles. The summed E-state index contributed by atoms with van der Waals surface area (Å²) in [6, 6.07) is 5.08. The van der Waals surface area contributed by atoms with Crippen molar-refractivity contribution >= 4 is 0 Å². The van der Waals surface area contributed by atoms with Crippen LogP contribution in [0.15, 0.2) is 18.3 Å². The van der Waals surface area contributed by atoms with E-state index >= 15 is 0 Å². The lowest BCUT2D eigenvalue weighted by Crippen LogP contribution is -2.34. The first-order chi connectivity index (χ1) is 8.81. The number of hydrogen-bond donors (Lipinski definition) is 1. The normalized spacial score (nSPS) is 24.8. The minimum absolute atomic E-state index is 0.650. The topological polar surface area (TPSA) is 24.9 Å². The Kier molecular flexibility index (Phi) is 5.18. The van der Waals surface area contributed by atoms with Crippen molar-refractivity contribution in [3.8, 4) is 0 Å². The Morgan fingerprint density at radius 3 is 2.78 bits per heavy atom. The Balaban J connectivity index is 2.11. The number of rotatable bonds is 4. The van der Waals surface area contributed by atoms with Crippen LogP contribution in [0.3, 0.4) is 0 Å². The second kappa shape index (κ2) is 6.89. The van der Waals surface area contributed by atoms with E-state index in [1.807, 2.05) is 0 Å². The van der Waals surface area contributed by atoms with Crippen LogP contribution < -0.4 is 5.32 Å². The van der Waals surface area contributed by atoms with Gasteiger partial charge in [0.15, 0.2) is 0 Å². The number of aromatic nitrogens is 1. The molecule has 18 heavy (non-hydrogen) atoms. The van der Waals surface area contributed by atoms with Crippen molar-refractivity contribution in [3.63, 3.8) is 0 Å². The standard InChI is InChI=1S/C16H26N2/c1-3-11-17-16-8-6-4-5-7-15(16)14-10-9-13(2)18-12-14/h9-10,12,15-17H,3-8,11H2,1-2H3. The zero-order valence-electron chi connectivity index (χ0n) is 11.8. The Morgan fingerprint density at radius 1 is 1.22 bits per heavy atom. The molecule has 0 bridgehead atoms. The highest BCUT2D eigenvalue weighted by Gasteiger charge is 2.24. The molecule has 1 aromatic heterocycles. The summed E-state index contributed by atoms with van der Waals surface area (Å²) in [4.78, 5) is 4.47. The fourth-order valence-corrected chi connectivity index (χ4v) is 2.98. The van der Waals surface area contributed by atoms with Crippen molar-refractivity contribution in [3.05, 3.63) is 29.6 Å². The molecule has 2 nitrogen and oxygen atoms in total. The molecule has 0 aliphatic heterocycles. The van der Waals surface area contributed by atoms with Crippen molar-refractivity contribution < 1.29 is 0 Å². The lowest BCUT2D eigenvalue weighted by molar-refractivity contribution is 0.410. The fraction of sp³-hybridized carbons (Fsp3) is 0.688. The van der Waals surface area contributed by atoms with Crippen molar-refractivity contribution in [2.24, 2.45) is 0 Å². The van der Waals surface area contributed by atoms with Crippen LogP contribution in [0.25, 0.3) is 0 Å². The van der Waals surface area contributed by atoms with Crippen LogP contribution >= 0.6 is 0 Å². The smallest absolute Gasteiger partial charge is 0.0372 e. The van der Waals surface area contributed by atoms with Gasteiger partial charge in [-0.3, -0.25) is 4.98 Å². The van der Waals surface area contributed by atoms with Crippen LogP contribution in [-0.4, -0.2) is 17.6 Å². The Morgan fingerprint density at radius 2 is 2.06 bits per heavy atom. The minimum atomic E-state index is 0.650. The lowest BCUT2D eigenvalue weighted by atomic mass is 9.88. The van der Waals surface area contributed by atoms with Gasteiger partial charge >= 0.3 is 0 Å². The van der Waals surface area contributed by atoms with Gasteiger partial charge in [-0.05, 0) is 44.4 Å². The molecule has 2 rings (SSSR count). The van der Waals surface area contributed by atoms with Gasteiger partial charge in [-0.2, -0.15) is 0 Å². The van der Waals surface area contributed by atoms with Gasteiger partial charge in [0.2, 0.25) is 0 Å². The lowest BCUT2D eigenvalue weighted by Gasteiger charge is -2.26. The van der Waals surface area contributed by atoms with E-state index in [1.165, 1.54) is 44.1 Å². The van der Waals surface area contributed by atoms with Gasteiger partial charge in [-0.15, -0.1) is 0 Å². The summed E-state index contributed by atoms with van der Waals surface area (Å²) in [6.07, 6.45) is 10.1. The van der Waals surface area contributed by atoms with E-state index in [0.717, 1.165) is 12.2 Å². The molecular formula is C16H26N2. The third-order valence-corrected chi connectivity index (χ3v) is 4.03. The third kappa shape index (κ3) is 3.55. The Bertz CT molecular complexity index is 345. The van der Waals surface area contributed by atoms with E-state index in [0.29, 0.717) is 12.0 Å². The molecule has 100 valence electrons. The van der Waals surface area contributed by atoms with Crippen LogP contribution in [0.4, 0.5) is 0 Å². The van der Waals surface area contributed by atoms with E-state index in [-0.39, 0.29) is 0 Å². The molecule has 1 heterocycles. The highest BCUT2D eigenvalue weighted by Crippen LogP contribution is 2.31. The maximum absolute atomic E-state index is 4.47. The van der Waals surface area contributed by atoms with E-state index < -0.39 is 0 Å². The molecule has 0 amide bonds. The maximum Gasteiger partial charge on any atom is 0.0372 e. The van der Waals surface area contributed by atoms with E-state index in [9.17, 15) is 0 Å². The summed E-state index contributed by atoms with van der Waals surface area (Å²) in [5.74, 6) is 0.659. The highest BCUT2D eigenvalue weighted by atomic mass is 14.9. The second-order valence-corrected chi connectivity index (χ2v) is 5.54. The third-order valence-electron chi connectivity index (χ3n) is 4.03. The Labute approximate surface area is 111 Å². The van der Waals surface area contributed by atoms with E-state index in [2.05, 4.69) is 42.5 Å². The first-order valence-corrected chi connectivity index (χ1v) is 7.47. The van der Waals surface area contributed by atoms with Crippen LogP contribution in [0.5, 0.6) is 0 Å². The van der Waals surface area contributed by atoms with Crippen molar-refractivity contribution in [2.75, 3.05) is 6.54 Å². The van der Waals surface area contributed by atoms with Crippen LogP contribution in [0.2, 0.25) is 0 Å². The zero-order valence-corrected chi connectivity index (χ0v) is 11.8. The first-order valence-electron chi connectivity index (χ1n) is 7.47. The van der Waals surface area contributed by atoms with Crippen LogP contribution in [0, 0.1) is 6.92 Å². The average molecular weight is 246 g/mol. The predicted molar refractivity (Wildman–Crippen MR) is 76.9 cm³/mol. The number of pyridine rings is 1. The predicted octanol–water partition coefficient (Wildman–Crippen LogP) is 3.81. The molecule has 1 fully saturated rings. The fourth-order valence-electron chi connectivity index (χ4n) is 2.98. The quantitative estimate of drug-likeness (QED) is 0.817. The largest absolute Gasteiger partial charge is 0.313 e. The molecule has 2 heteroatoms. The number of nitrogens with zero attached hydrogens (tertiary/aromatic N) is 1. The molecular weight excluding hydrogens is 220 g/mol. The molecule has 1 saturated carbocycles. The van der Waals surface area contributed by atoms with Crippen LogP contribution in [0.1, 0.15) is 62.6 Å². The highest BCUT2D eigenvalue weighted by molar-refractivity contribution is 5.20. The minimum Gasteiger partial charge on any atom is -0.313 e. The second-order valence-electron chi connectivity index (χ2n) is 5.54. The van der Waals surface area contributed by atoms with Gasteiger partial charge in [-0.25, -0.2) is 0 Å². The average Bonchev–Trinajstić information content (AvgIpc) is 2.62. The zero-order chi connectivity index (χ0) is 12.8. The summed E-state index contributed by atoms with van der Waals surface area (Å²) >= 11 is 0. The SMILES string of the molecule is CCCNC1CCCCCC1c1ccc(C)nc1. The van der Waals surface area contributed by atoms with Gasteiger partial charge in [0.25, 0.3) is 0 Å². The van der Waals surface area contributed by atoms with Gasteiger partial charge in [0.05, 0.1) is 0 Å². The number of nitrogens with one attached hydrogen (secondary N) is 1. The maximum atomic E-state index is 4.47. The monoisotopic (exact) mass is 246 g/mol. The van der Waals surface area contributed by atoms with Gasteiger partial charge in [0, 0.05) is 23.9 Å². The first kappa shape index (κ1) is 13.5. The molecule has 2 atom stereocenters.